The van der Waals surface area contributed by atoms with E-state index in [0.717, 1.165) is 22.4 Å². The second-order valence-electron chi connectivity index (χ2n) is 6.14. The summed E-state index contributed by atoms with van der Waals surface area (Å²) in [5.41, 5.74) is 3.42. The van der Waals surface area contributed by atoms with Crippen LogP contribution in [0.4, 0.5) is 6.01 Å². The summed E-state index contributed by atoms with van der Waals surface area (Å²) in [5, 5.41) is 10.5. The van der Waals surface area contributed by atoms with Gasteiger partial charge in [-0.2, -0.15) is 0 Å². The van der Waals surface area contributed by atoms with E-state index >= 15 is 0 Å². The van der Waals surface area contributed by atoms with Crippen molar-refractivity contribution in [2.24, 2.45) is 0 Å². The van der Waals surface area contributed by atoms with E-state index in [4.69, 9.17) is 13.9 Å². The van der Waals surface area contributed by atoms with Gasteiger partial charge in [0.15, 0.2) is 11.5 Å². The first kappa shape index (κ1) is 16.1. The van der Waals surface area contributed by atoms with Crippen molar-refractivity contribution in [1.82, 2.24) is 10.2 Å². The lowest BCUT2D eigenvalue weighted by Crippen LogP contribution is -2.13. The van der Waals surface area contributed by atoms with Gasteiger partial charge >= 0.3 is 6.01 Å². The highest BCUT2D eigenvalue weighted by atomic mass is 16.7. The van der Waals surface area contributed by atoms with Crippen LogP contribution in [0.5, 0.6) is 11.5 Å². The third-order valence-corrected chi connectivity index (χ3v) is 4.12. The van der Waals surface area contributed by atoms with Crippen molar-refractivity contribution in [2.45, 2.75) is 20.3 Å². The van der Waals surface area contributed by atoms with Crippen LogP contribution in [-0.2, 0) is 6.42 Å². The van der Waals surface area contributed by atoms with E-state index in [1.165, 1.54) is 0 Å². The second-order valence-corrected chi connectivity index (χ2v) is 6.14. The predicted octanol–water partition coefficient (Wildman–Crippen LogP) is 3.26. The van der Waals surface area contributed by atoms with E-state index in [2.05, 4.69) is 15.5 Å². The molecule has 1 aliphatic heterocycles. The van der Waals surface area contributed by atoms with Crippen LogP contribution in [0, 0.1) is 13.8 Å². The zero-order valence-electron chi connectivity index (χ0n) is 14.4. The molecule has 0 unspecified atom stereocenters. The molecular weight excluding hydrogens is 334 g/mol. The molecule has 2 heterocycles. The molecule has 0 radical (unpaired) electrons. The summed E-state index contributed by atoms with van der Waals surface area (Å²) in [6.07, 6.45) is 0.434. The number of amides is 1. The molecule has 1 aromatic heterocycles. The van der Waals surface area contributed by atoms with Gasteiger partial charge in [-0.15, -0.1) is 5.10 Å². The number of carbonyl (C=O) groups is 1. The number of aromatic nitrogens is 2. The Morgan fingerprint density at radius 2 is 1.92 bits per heavy atom. The molecule has 7 heteroatoms. The molecule has 132 valence electrons. The monoisotopic (exact) mass is 351 g/mol. The molecule has 26 heavy (non-hydrogen) atoms. The average Bonchev–Trinajstić information content (AvgIpc) is 3.26. The largest absolute Gasteiger partial charge is 0.454 e. The molecule has 0 spiro atoms. The summed E-state index contributed by atoms with van der Waals surface area (Å²) in [6, 6.07) is 11.4. The van der Waals surface area contributed by atoms with Crippen molar-refractivity contribution in [3.05, 3.63) is 64.5 Å². The Morgan fingerprint density at radius 1 is 1.08 bits per heavy atom. The lowest BCUT2D eigenvalue weighted by Gasteiger charge is -2.05. The molecule has 0 fully saturated rings. The minimum Gasteiger partial charge on any atom is -0.454 e. The number of nitrogens with zero attached hydrogens (tertiary/aromatic N) is 2. The van der Waals surface area contributed by atoms with Crippen LogP contribution in [0.1, 0.15) is 32.9 Å². The van der Waals surface area contributed by atoms with Gasteiger partial charge in [-0.05, 0) is 43.2 Å². The maximum atomic E-state index is 12.4. The van der Waals surface area contributed by atoms with Crippen LogP contribution in [0.15, 0.2) is 40.8 Å². The molecule has 3 aromatic rings. The summed E-state index contributed by atoms with van der Waals surface area (Å²) < 4.78 is 16.2. The van der Waals surface area contributed by atoms with Crippen molar-refractivity contribution >= 4 is 11.9 Å². The van der Waals surface area contributed by atoms with Crippen molar-refractivity contribution in [1.29, 1.82) is 0 Å². The topological polar surface area (TPSA) is 86.5 Å². The average molecular weight is 351 g/mol. The summed E-state index contributed by atoms with van der Waals surface area (Å²) in [6.45, 7) is 4.05. The standard InChI is InChI=1S/C19H17N3O4/c1-11-3-4-12(2)14(7-11)18(23)20-19-22-21-17(26-19)9-13-5-6-15-16(8-13)25-10-24-15/h3-8H,9-10H2,1-2H3,(H,20,22,23). The molecule has 1 N–H and O–H groups in total. The van der Waals surface area contributed by atoms with E-state index in [9.17, 15) is 4.79 Å². The molecule has 0 aliphatic carbocycles. The molecule has 1 aliphatic rings. The lowest BCUT2D eigenvalue weighted by molar-refractivity contribution is 0.102. The summed E-state index contributed by atoms with van der Waals surface area (Å²) >= 11 is 0. The minimum absolute atomic E-state index is 0.0756. The van der Waals surface area contributed by atoms with Crippen molar-refractivity contribution in [3.63, 3.8) is 0 Å². The van der Waals surface area contributed by atoms with Gasteiger partial charge in [-0.25, -0.2) is 0 Å². The van der Waals surface area contributed by atoms with Crippen molar-refractivity contribution < 1.29 is 18.7 Å². The number of carbonyl (C=O) groups excluding carboxylic acids is 1. The molecule has 2 aromatic carbocycles. The summed E-state index contributed by atoms with van der Waals surface area (Å²) in [4.78, 5) is 12.4. The number of ether oxygens (including phenoxy) is 2. The van der Waals surface area contributed by atoms with Gasteiger partial charge in [0, 0.05) is 5.56 Å². The van der Waals surface area contributed by atoms with E-state index in [-0.39, 0.29) is 18.7 Å². The number of nitrogens with one attached hydrogen (secondary N) is 1. The van der Waals surface area contributed by atoms with Gasteiger partial charge in [0.1, 0.15) is 0 Å². The van der Waals surface area contributed by atoms with Crippen LogP contribution in [0.3, 0.4) is 0 Å². The van der Waals surface area contributed by atoms with Gasteiger partial charge in [0.2, 0.25) is 12.7 Å². The van der Waals surface area contributed by atoms with Crippen LogP contribution < -0.4 is 14.8 Å². The van der Waals surface area contributed by atoms with E-state index < -0.39 is 0 Å². The van der Waals surface area contributed by atoms with Crippen molar-refractivity contribution in [2.75, 3.05) is 12.1 Å². The Balaban J connectivity index is 1.46. The Morgan fingerprint density at radius 3 is 2.81 bits per heavy atom. The Hall–Kier alpha value is -3.35. The van der Waals surface area contributed by atoms with Crippen LogP contribution in [-0.4, -0.2) is 22.9 Å². The summed E-state index contributed by atoms with van der Waals surface area (Å²) in [7, 11) is 0. The zero-order chi connectivity index (χ0) is 18.1. The van der Waals surface area contributed by atoms with Gasteiger partial charge in [0.25, 0.3) is 5.91 Å². The van der Waals surface area contributed by atoms with Crippen molar-refractivity contribution in [3.8, 4) is 11.5 Å². The Labute approximate surface area is 150 Å². The molecule has 0 saturated heterocycles. The smallest absolute Gasteiger partial charge is 0.322 e. The highest BCUT2D eigenvalue weighted by molar-refractivity contribution is 6.04. The van der Waals surface area contributed by atoms with Gasteiger partial charge in [-0.1, -0.05) is 28.9 Å². The van der Waals surface area contributed by atoms with E-state index in [0.29, 0.717) is 23.6 Å². The first-order valence-electron chi connectivity index (χ1n) is 8.18. The fourth-order valence-electron chi connectivity index (χ4n) is 2.75. The molecule has 0 bridgehead atoms. The number of hydrogen-bond acceptors (Lipinski definition) is 6. The number of benzene rings is 2. The van der Waals surface area contributed by atoms with Crippen LogP contribution >= 0.6 is 0 Å². The number of hydrogen-bond donors (Lipinski definition) is 1. The first-order chi connectivity index (χ1) is 12.6. The Bertz CT molecular complexity index is 981. The maximum Gasteiger partial charge on any atom is 0.322 e. The molecule has 7 nitrogen and oxygen atoms in total. The highest BCUT2D eigenvalue weighted by Crippen LogP contribution is 2.33. The third kappa shape index (κ3) is 3.23. The number of aryl methyl sites for hydroxylation is 2. The lowest BCUT2D eigenvalue weighted by atomic mass is 10.1. The molecule has 0 atom stereocenters. The SMILES string of the molecule is Cc1ccc(C)c(C(=O)Nc2nnc(Cc3ccc4c(c3)OCO4)o2)c1. The third-order valence-electron chi connectivity index (χ3n) is 4.12. The maximum absolute atomic E-state index is 12.4. The first-order valence-corrected chi connectivity index (χ1v) is 8.18. The minimum atomic E-state index is -0.274. The van der Waals surface area contributed by atoms with Gasteiger partial charge < -0.3 is 13.9 Å². The molecule has 4 rings (SSSR count). The van der Waals surface area contributed by atoms with Crippen LogP contribution in [0.2, 0.25) is 0 Å². The second kappa shape index (κ2) is 6.51. The van der Waals surface area contributed by atoms with Gasteiger partial charge in [0.05, 0.1) is 6.42 Å². The predicted molar refractivity (Wildman–Crippen MR) is 93.5 cm³/mol. The number of anilines is 1. The summed E-state index contributed by atoms with van der Waals surface area (Å²) in [5.74, 6) is 1.55. The molecule has 0 saturated carbocycles. The highest BCUT2D eigenvalue weighted by Gasteiger charge is 2.16. The quantitative estimate of drug-likeness (QED) is 0.776. The number of rotatable bonds is 4. The number of fused-ring (bicyclic) bond motifs is 1. The van der Waals surface area contributed by atoms with E-state index in [1.807, 2.05) is 50.2 Å². The molecular formula is C19H17N3O4. The fourth-order valence-corrected chi connectivity index (χ4v) is 2.75. The fraction of sp³-hybridized carbons (Fsp3) is 0.211. The van der Waals surface area contributed by atoms with Crippen LogP contribution in [0.25, 0.3) is 0 Å². The van der Waals surface area contributed by atoms with E-state index in [1.54, 1.807) is 0 Å². The van der Waals surface area contributed by atoms with Gasteiger partial charge in [-0.3, -0.25) is 10.1 Å². The Kier molecular flexibility index (Phi) is 4.04. The zero-order valence-corrected chi connectivity index (χ0v) is 14.4. The normalized spacial score (nSPS) is 12.2. The molecule has 1 amide bonds.